The lowest BCUT2D eigenvalue weighted by Gasteiger charge is -2.35. The van der Waals surface area contributed by atoms with E-state index in [-0.39, 0.29) is 17.9 Å². The Kier molecular flexibility index (Phi) is 4.19. The van der Waals surface area contributed by atoms with Crippen molar-refractivity contribution in [1.82, 2.24) is 19.8 Å². The summed E-state index contributed by atoms with van der Waals surface area (Å²) in [7, 11) is 0. The molecular weight excluding hydrogens is 316 g/mol. The van der Waals surface area contributed by atoms with E-state index in [9.17, 15) is 9.59 Å². The third kappa shape index (κ3) is 3.01. The summed E-state index contributed by atoms with van der Waals surface area (Å²) < 4.78 is 0. The average molecular weight is 340 g/mol. The van der Waals surface area contributed by atoms with Crippen LogP contribution in [-0.4, -0.2) is 57.3 Å². The molecule has 0 saturated carbocycles. The molecule has 2 fully saturated rings. The number of carbonyl (C=O) groups excluding carboxylic acids is 2. The Morgan fingerprint density at radius 3 is 2.80 bits per heavy atom. The fourth-order valence-electron chi connectivity index (χ4n) is 4.09. The molecule has 0 aliphatic carbocycles. The van der Waals surface area contributed by atoms with Gasteiger partial charge in [0.1, 0.15) is 11.7 Å². The summed E-state index contributed by atoms with van der Waals surface area (Å²) in [5, 5.41) is 1.14. The Morgan fingerprint density at radius 1 is 1.32 bits per heavy atom. The van der Waals surface area contributed by atoms with Crippen LogP contribution < -0.4 is 0 Å². The number of likely N-dealkylation sites (tertiary alicyclic amines) is 2. The number of H-pyrrole nitrogens is 1. The second kappa shape index (κ2) is 6.50. The van der Waals surface area contributed by atoms with E-state index >= 15 is 0 Å². The first-order valence-electron chi connectivity index (χ1n) is 9.15. The molecule has 6 heteroatoms. The minimum atomic E-state index is -0.330. The summed E-state index contributed by atoms with van der Waals surface area (Å²) in [6.45, 7) is 4.07. The number of hydrogen-bond donors (Lipinski definition) is 1. The number of hydrogen-bond acceptors (Lipinski definition) is 3. The molecule has 2 aromatic rings. The predicted octanol–water partition coefficient (Wildman–Crippen LogP) is 2.28. The second-order valence-corrected chi connectivity index (χ2v) is 7.13. The monoisotopic (exact) mass is 340 g/mol. The molecule has 2 aliphatic rings. The van der Waals surface area contributed by atoms with Crippen molar-refractivity contribution >= 4 is 22.8 Å². The first kappa shape index (κ1) is 16.1. The SMILES string of the molecule is CC(C(=O)N1CCC(c2cc3cccnc3[nH]2)CC1)N1CCCC1=O. The van der Waals surface area contributed by atoms with Crippen LogP contribution in [0.5, 0.6) is 0 Å². The van der Waals surface area contributed by atoms with Gasteiger partial charge in [-0.1, -0.05) is 0 Å². The van der Waals surface area contributed by atoms with Crippen LogP contribution in [0.15, 0.2) is 24.4 Å². The zero-order valence-corrected chi connectivity index (χ0v) is 14.6. The van der Waals surface area contributed by atoms with Crippen molar-refractivity contribution in [2.24, 2.45) is 0 Å². The zero-order valence-electron chi connectivity index (χ0n) is 14.6. The lowest BCUT2D eigenvalue weighted by atomic mass is 9.93. The number of nitrogens with one attached hydrogen (secondary N) is 1. The molecule has 2 aromatic heterocycles. The Hall–Kier alpha value is -2.37. The molecule has 0 spiro atoms. The number of piperidine rings is 1. The van der Waals surface area contributed by atoms with Gasteiger partial charge in [0.05, 0.1) is 0 Å². The van der Waals surface area contributed by atoms with Gasteiger partial charge in [0.15, 0.2) is 0 Å². The van der Waals surface area contributed by atoms with Crippen LogP contribution in [0, 0.1) is 0 Å². The molecule has 2 saturated heterocycles. The summed E-state index contributed by atoms with van der Waals surface area (Å²) in [6.07, 6.45) is 5.13. The van der Waals surface area contributed by atoms with E-state index in [0.717, 1.165) is 43.4 Å². The largest absolute Gasteiger partial charge is 0.343 e. The number of fused-ring (bicyclic) bond motifs is 1. The molecule has 0 bridgehead atoms. The number of pyridine rings is 1. The minimum absolute atomic E-state index is 0.0898. The summed E-state index contributed by atoms with van der Waals surface area (Å²) in [6, 6.07) is 5.86. The maximum atomic E-state index is 12.7. The number of aromatic nitrogens is 2. The third-order valence-corrected chi connectivity index (χ3v) is 5.59. The quantitative estimate of drug-likeness (QED) is 0.932. The van der Waals surface area contributed by atoms with Gasteiger partial charge in [-0.2, -0.15) is 0 Å². The normalized spacial score (nSPS) is 20.4. The molecule has 1 atom stereocenters. The molecule has 4 rings (SSSR count). The molecule has 2 amide bonds. The third-order valence-electron chi connectivity index (χ3n) is 5.59. The smallest absolute Gasteiger partial charge is 0.245 e. The molecule has 25 heavy (non-hydrogen) atoms. The number of carbonyl (C=O) groups is 2. The summed E-state index contributed by atoms with van der Waals surface area (Å²) in [5.74, 6) is 0.635. The number of nitrogens with zero attached hydrogens (tertiary/aromatic N) is 3. The standard InChI is InChI=1S/C19H24N4O2/c1-13(23-9-3-5-17(23)24)19(25)22-10-6-14(7-11-22)16-12-15-4-2-8-20-18(15)21-16/h2,4,8,12-14H,3,5-7,9-11H2,1H3,(H,20,21). The maximum absolute atomic E-state index is 12.7. The first-order chi connectivity index (χ1) is 12.1. The van der Waals surface area contributed by atoms with E-state index in [1.807, 2.05) is 17.9 Å². The molecule has 4 heterocycles. The van der Waals surface area contributed by atoms with E-state index in [0.29, 0.717) is 18.9 Å². The summed E-state index contributed by atoms with van der Waals surface area (Å²) >= 11 is 0. The van der Waals surface area contributed by atoms with Gasteiger partial charge in [-0.3, -0.25) is 9.59 Å². The fourth-order valence-corrected chi connectivity index (χ4v) is 4.09. The van der Waals surface area contributed by atoms with Crippen LogP contribution in [0.25, 0.3) is 11.0 Å². The van der Waals surface area contributed by atoms with Gasteiger partial charge in [-0.25, -0.2) is 4.98 Å². The Morgan fingerprint density at radius 2 is 2.12 bits per heavy atom. The van der Waals surface area contributed by atoms with Gasteiger partial charge >= 0.3 is 0 Å². The molecule has 2 aliphatic heterocycles. The van der Waals surface area contributed by atoms with Crippen LogP contribution in [-0.2, 0) is 9.59 Å². The van der Waals surface area contributed by atoms with E-state index in [4.69, 9.17) is 0 Å². The highest BCUT2D eigenvalue weighted by Crippen LogP contribution is 2.30. The van der Waals surface area contributed by atoms with Crippen molar-refractivity contribution in [3.05, 3.63) is 30.1 Å². The predicted molar refractivity (Wildman–Crippen MR) is 95.1 cm³/mol. The van der Waals surface area contributed by atoms with E-state index < -0.39 is 0 Å². The number of aromatic amines is 1. The van der Waals surface area contributed by atoms with Crippen molar-refractivity contribution in [2.75, 3.05) is 19.6 Å². The summed E-state index contributed by atoms with van der Waals surface area (Å²) in [5.41, 5.74) is 2.14. The molecule has 1 unspecified atom stereocenters. The zero-order chi connectivity index (χ0) is 17.4. The average Bonchev–Trinajstić information content (AvgIpc) is 3.26. The Bertz CT molecular complexity index is 759. The van der Waals surface area contributed by atoms with Crippen molar-refractivity contribution in [1.29, 1.82) is 0 Å². The van der Waals surface area contributed by atoms with E-state index in [1.165, 1.54) is 5.69 Å². The molecule has 0 aromatic carbocycles. The maximum Gasteiger partial charge on any atom is 0.245 e. The van der Waals surface area contributed by atoms with Crippen molar-refractivity contribution < 1.29 is 9.59 Å². The van der Waals surface area contributed by atoms with Gasteiger partial charge in [0, 0.05) is 49.2 Å². The van der Waals surface area contributed by atoms with Crippen LogP contribution in [0.2, 0.25) is 0 Å². The fraction of sp³-hybridized carbons (Fsp3) is 0.526. The van der Waals surface area contributed by atoms with Gasteiger partial charge in [0.25, 0.3) is 0 Å². The van der Waals surface area contributed by atoms with Crippen molar-refractivity contribution in [3.8, 4) is 0 Å². The molecule has 1 N–H and O–H groups in total. The van der Waals surface area contributed by atoms with E-state index in [1.54, 1.807) is 11.1 Å². The Labute approximate surface area is 147 Å². The van der Waals surface area contributed by atoms with Crippen molar-refractivity contribution in [2.45, 2.75) is 44.6 Å². The Balaban J connectivity index is 1.39. The van der Waals surface area contributed by atoms with Crippen LogP contribution in [0.4, 0.5) is 0 Å². The highest BCUT2D eigenvalue weighted by Gasteiger charge is 2.33. The van der Waals surface area contributed by atoms with Crippen molar-refractivity contribution in [3.63, 3.8) is 0 Å². The highest BCUT2D eigenvalue weighted by atomic mass is 16.2. The number of amides is 2. The summed E-state index contributed by atoms with van der Waals surface area (Å²) in [4.78, 5) is 36.0. The molecule has 0 radical (unpaired) electrons. The van der Waals surface area contributed by atoms with Gasteiger partial charge in [-0.15, -0.1) is 0 Å². The molecule has 6 nitrogen and oxygen atoms in total. The topological polar surface area (TPSA) is 69.3 Å². The van der Waals surface area contributed by atoms with Crippen LogP contribution in [0.3, 0.4) is 0 Å². The number of rotatable bonds is 3. The van der Waals surface area contributed by atoms with Gasteiger partial charge < -0.3 is 14.8 Å². The van der Waals surface area contributed by atoms with Gasteiger partial charge in [0.2, 0.25) is 11.8 Å². The highest BCUT2D eigenvalue weighted by molar-refractivity contribution is 5.88. The lowest BCUT2D eigenvalue weighted by Crippen LogP contribution is -2.49. The lowest BCUT2D eigenvalue weighted by molar-refractivity contribution is -0.143. The van der Waals surface area contributed by atoms with E-state index in [2.05, 4.69) is 22.1 Å². The second-order valence-electron chi connectivity index (χ2n) is 7.13. The van der Waals surface area contributed by atoms with Crippen LogP contribution >= 0.6 is 0 Å². The molecular formula is C19H24N4O2. The first-order valence-corrected chi connectivity index (χ1v) is 9.15. The minimum Gasteiger partial charge on any atom is -0.343 e. The molecule has 132 valence electrons. The van der Waals surface area contributed by atoms with Gasteiger partial charge in [-0.05, 0) is 44.4 Å². The van der Waals surface area contributed by atoms with Crippen LogP contribution in [0.1, 0.15) is 44.2 Å².